The highest BCUT2D eigenvalue weighted by atomic mass is 16.5. The Morgan fingerprint density at radius 3 is 1.16 bits per heavy atom. The molecular weight excluding hydrogens is 644 g/mol. The van der Waals surface area contributed by atoms with Crippen LogP contribution in [0.25, 0.3) is 12.2 Å². The number of carbonyl (C=O) groups is 4. The maximum Gasteiger partial charge on any atom is 0.336 e. The Hall–Kier alpha value is -5.76. The summed E-state index contributed by atoms with van der Waals surface area (Å²) in [6, 6.07) is 26.9. The second-order valence-electron chi connectivity index (χ2n) is 12.8. The third kappa shape index (κ3) is 13.6. The van der Waals surface area contributed by atoms with Gasteiger partial charge < -0.3 is 18.9 Å². The Kier molecular flexibility index (Phi) is 14.5. The van der Waals surface area contributed by atoms with Crippen molar-refractivity contribution in [3.05, 3.63) is 131 Å². The molecule has 0 spiro atoms. The Morgan fingerprint density at radius 1 is 0.490 bits per heavy atom. The zero-order valence-electron chi connectivity index (χ0n) is 29.5. The van der Waals surface area contributed by atoms with Crippen molar-refractivity contribution in [2.75, 3.05) is 13.2 Å². The number of ketones is 2. The number of esters is 2. The van der Waals surface area contributed by atoms with E-state index >= 15 is 0 Å². The zero-order chi connectivity index (χ0) is 36.6. The van der Waals surface area contributed by atoms with Gasteiger partial charge in [0.25, 0.3) is 0 Å². The number of hydrogen-bond donors (Lipinski definition) is 0. The van der Waals surface area contributed by atoms with E-state index in [4.69, 9.17) is 18.9 Å². The highest BCUT2D eigenvalue weighted by Gasteiger charge is 2.15. The minimum Gasteiger partial charge on any atom is -0.494 e. The molecule has 0 aliphatic rings. The number of Topliss-reactive ketones (excluding diaryl/α,β-unsaturated/α-hetero) is 2. The Balaban J connectivity index is 1.20. The van der Waals surface area contributed by atoms with E-state index < -0.39 is 11.9 Å². The predicted molar refractivity (Wildman–Crippen MR) is 198 cm³/mol. The SMILES string of the molecule is CC(C)CCOc1ccc(/C=C/C(=O)Oc2ccc(C(=O)CC(=O)c3ccc(OC(=O)/C=C/c4ccc(OCCC(C)C)cc4)cc3)cc2)cc1. The quantitative estimate of drug-likeness (QED) is 0.0335. The Morgan fingerprint density at radius 2 is 0.824 bits per heavy atom. The third-order valence-electron chi connectivity index (χ3n) is 7.62. The van der Waals surface area contributed by atoms with Crippen molar-refractivity contribution in [3.8, 4) is 23.0 Å². The van der Waals surface area contributed by atoms with Gasteiger partial charge in [0, 0.05) is 23.3 Å². The number of rotatable bonds is 18. The van der Waals surface area contributed by atoms with Crippen LogP contribution in [-0.2, 0) is 9.59 Å². The van der Waals surface area contributed by atoms with Gasteiger partial charge in [-0.3, -0.25) is 9.59 Å². The van der Waals surface area contributed by atoms with Crippen LogP contribution in [0.5, 0.6) is 23.0 Å². The van der Waals surface area contributed by atoms with Crippen LogP contribution < -0.4 is 18.9 Å². The van der Waals surface area contributed by atoms with Gasteiger partial charge in [0.05, 0.1) is 19.6 Å². The summed E-state index contributed by atoms with van der Waals surface area (Å²) in [5.41, 5.74) is 2.25. The minimum atomic E-state index is -0.570. The van der Waals surface area contributed by atoms with Gasteiger partial charge in [-0.2, -0.15) is 0 Å². The molecule has 0 radical (unpaired) electrons. The van der Waals surface area contributed by atoms with E-state index in [1.54, 1.807) is 12.2 Å². The van der Waals surface area contributed by atoms with Crippen molar-refractivity contribution in [1.29, 1.82) is 0 Å². The summed E-state index contributed by atoms with van der Waals surface area (Å²) in [6.07, 6.45) is 7.52. The molecule has 0 aromatic heterocycles. The van der Waals surface area contributed by atoms with E-state index in [0.29, 0.717) is 36.2 Å². The van der Waals surface area contributed by atoms with Crippen LogP contribution in [0.2, 0.25) is 0 Å². The molecule has 4 aromatic carbocycles. The van der Waals surface area contributed by atoms with Crippen molar-refractivity contribution in [1.82, 2.24) is 0 Å². The van der Waals surface area contributed by atoms with Gasteiger partial charge >= 0.3 is 11.9 Å². The summed E-state index contributed by atoms with van der Waals surface area (Å²) < 4.78 is 22.1. The van der Waals surface area contributed by atoms with Gasteiger partial charge in [0.2, 0.25) is 0 Å². The van der Waals surface area contributed by atoms with Crippen molar-refractivity contribution in [2.24, 2.45) is 11.8 Å². The average molecular weight is 689 g/mol. The highest BCUT2D eigenvalue weighted by molar-refractivity contribution is 6.13. The maximum atomic E-state index is 12.8. The van der Waals surface area contributed by atoms with Gasteiger partial charge in [0.1, 0.15) is 23.0 Å². The summed E-state index contributed by atoms with van der Waals surface area (Å²) in [4.78, 5) is 50.2. The molecule has 0 heterocycles. The Bertz CT molecular complexity index is 1660. The van der Waals surface area contributed by atoms with E-state index in [1.165, 1.54) is 60.7 Å². The van der Waals surface area contributed by atoms with Gasteiger partial charge in [-0.25, -0.2) is 9.59 Å². The van der Waals surface area contributed by atoms with Crippen molar-refractivity contribution in [2.45, 2.75) is 47.0 Å². The first-order valence-corrected chi connectivity index (χ1v) is 17.1. The first-order valence-electron chi connectivity index (χ1n) is 17.1. The lowest BCUT2D eigenvalue weighted by Gasteiger charge is -2.08. The smallest absolute Gasteiger partial charge is 0.336 e. The lowest BCUT2D eigenvalue weighted by Crippen LogP contribution is -2.09. The summed E-state index contributed by atoms with van der Waals surface area (Å²) in [5, 5.41) is 0. The van der Waals surface area contributed by atoms with Crippen LogP contribution >= 0.6 is 0 Å². The number of ether oxygens (including phenoxy) is 4. The minimum absolute atomic E-state index is 0.265. The van der Waals surface area contributed by atoms with Gasteiger partial charge in [-0.1, -0.05) is 52.0 Å². The van der Waals surface area contributed by atoms with Crippen LogP contribution in [0.3, 0.4) is 0 Å². The molecule has 0 aliphatic heterocycles. The molecule has 0 bridgehead atoms. The molecule has 4 rings (SSSR count). The van der Waals surface area contributed by atoms with E-state index in [2.05, 4.69) is 27.7 Å². The first-order chi connectivity index (χ1) is 24.5. The topological polar surface area (TPSA) is 105 Å². The molecule has 0 fully saturated rings. The molecule has 4 aromatic rings. The molecule has 0 N–H and O–H groups in total. The number of hydrogen-bond acceptors (Lipinski definition) is 8. The molecule has 8 nitrogen and oxygen atoms in total. The fourth-order valence-electron chi connectivity index (χ4n) is 4.57. The molecule has 0 unspecified atom stereocenters. The molecule has 8 heteroatoms. The molecule has 0 amide bonds. The standard InChI is InChI=1S/C43H44O8/c1-30(2)25-27-48-36-15-5-32(6-16-36)9-23-42(46)50-38-19-11-34(12-20-38)40(44)29-41(45)35-13-21-39(22-14-35)51-43(47)24-10-33-7-17-37(18-8-33)49-28-26-31(3)4/h5-24,30-31H,25-29H2,1-4H3/b23-9+,24-10+. The van der Waals surface area contributed by atoms with Crippen LogP contribution in [0.15, 0.2) is 109 Å². The van der Waals surface area contributed by atoms with Gasteiger partial charge in [0.15, 0.2) is 11.6 Å². The zero-order valence-corrected chi connectivity index (χ0v) is 29.5. The van der Waals surface area contributed by atoms with E-state index in [-0.39, 0.29) is 29.5 Å². The van der Waals surface area contributed by atoms with Crippen LogP contribution in [0, 0.1) is 11.8 Å². The summed E-state index contributed by atoms with van der Waals surface area (Å²) in [7, 11) is 0. The highest BCUT2D eigenvalue weighted by Crippen LogP contribution is 2.19. The number of carbonyl (C=O) groups excluding carboxylic acids is 4. The fraction of sp³-hybridized carbons (Fsp3) is 0.256. The summed E-state index contributed by atoms with van der Waals surface area (Å²) >= 11 is 0. The van der Waals surface area contributed by atoms with Gasteiger partial charge in [-0.15, -0.1) is 0 Å². The van der Waals surface area contributed by atoms with E-state index in [1.807, 2.05) is 48.5 Å². The van der Waals surface area contributed by atoms with Crippen LogP contribution in [0.1, 0.15) is 78.8 Å². The second kappa shape index (κ2) is 19.4. The third-order valence-corrected chi connectivity index (χ3v) is 7.62. The molecule has 0 saturated carbocycles. The summed E-state index contributed by atoms with van der Waals surface area (Å²) in [5.74, 6) is 1.31. The second-order valence-corrected chi connectivity index (χ2v) is 12.8. The Labute approximate surface area is 299 Å². The fourth-order valence-corrected chi connectivity index (χ4v) is 4.57. The lowest BCUT2D eigenvalue weighted by atomic mass is 10.0. The van der Waals surface area contributed by atoms with E-state index in [0.717, 1.165) is 35.5 Å². The average Bonchev–Trinajstić information content (AvgIpc) is 3.11. The summed E-state index contributed by atoms with van der Waals surface area (Å²) in [6.45, 7) is 9.88. The lowest BCUT2D eigenvalue weighted by molar-refractivity contribution is -0.129. The molecule has 0 saturated heterocycles. The molecular formula is C43H44O8. The molecule has 51 heavy (non-hydrogen) atoms. The van der Waals surface area contributed by atoms with Crippen LogP contribution in [-0.4, -0.2) is 36.7 Å². The molecule has 264 valence electrons. The maximum absolute atomic E-state index is 12.8. The van der Waals surface area contributed by atoms with E-state index in [9.17, 15) is 19.2 Å². The largest absolute Gasteiger partial charge is 0.494 e. The predicted octanol–water partition coefficient (Wildman–Crippen LogP) is 9.23. The normalized spacial score (nSPS) is 11.3. The van der Waals surface area contributed by atoms with Crippen molar-refractivity contribution in [3.63, 3.8) is 0 Å². The van der Waals surface area contributed by atoms with Crippen molar-refractivity contribution < 1.29 is 38.1 Å². The van der Waals surface area contributed by atoms with Crippen LogP contribution in [0.4, 0.5) is 0 Å². The monoisotopic (exact) mass is 688 g/mol. The molecule has 0 aliphatic carbocycles. The van der Waals surface area contributed by atoms with Crippen molar-refractivity contribution >= 4 is 35.7 Å². The molecule has 0 atom stereocenters. The van der Waals surface area contributed by atoms with Gasteiger partial charge in [-0.05, 0) is 121 Å². The first kappa shape index (κ1) is 38.0. The number of benzene rings is 4.